The second-order valence-electron chi connectivity index (χ2n) is 9.82. The standard InChI is InChI=1S/C27H33NO3S/c1-17-14-18(2)24(19(3)15-17)32(29)28-23(25-30-26(4,5)27(6,7)31-25)22-13-12-20-10-8-9-11-21(20)16-22/h8-16,23,25,28H,1-7H3/t23-,32-/m1/s1. The van der Waals surface area contributed by atoms with Gasteiger partial charge < -0.3 is 9.47 Å². The molecule has 4 nitrogen and oxygen atoms in total. The molecule has 3 aromatic carbocycles. The molecule has 0 aliphatic carbocycles. The van der Waals surface area contributed by atoms with Crippen LogP contribution in [0.15, 0.2) is 59.5 Å². The van der Waals surface area contributed by atoms with Gasteiger partial charge in [0.15, 0.2) is 6.29 Å². The molecule has 0 aromatic heterocycles. The quantitative estimate of drug-likeness (QED) is 0.514. The van der Waals surface area contributed by atoms with E-state index >= 15 is 0 Å². The highest BCUT2D eigenvalue weighted by Gasteiger charge is 2.51. The molecule has 0 radical (unpaired) electrons. The van der Waals surface area contributed by atoms with E-state index in [2.05, 4.69) is 54.1 Å². The summed E-state index contributed by atoms with van der Waals surface area (Å²) in [5, 5.41) is 2.29. The number of fused-ring (bicyclic) bond motifs is 1. The minimum atomic E-state index is -1.43. The zero-order valence-electron chi connectivity index (χ0n) is 20.0. The second-order valence-corrected chi connectivity index (χ2v) is 11.0. The summed E-state index contributed by atoms with van der Waals surface area (Å²) in [4.78, 5) is 0.818. The molecule has 1 heterocycles. The highest BCUT2D eigenvalue weighted by atomic mass is 32.2. The van der Waals surface area contributed by atoms with Crippen molar-refractivity contribution in [3.8, 4) is 0 Å². The molecule has 4 rings (SSSR count). The number of ether oxygens (including phenoxy) is 2. The van der Waals surface area contributed by atoms with Crippen LogP contribution >= 0.6 is 0 Å². The summed E-state index contributed by atoms with van der Waals surface area (Å²) in [6, 6.07) is 18.3. The Morgan fingerprint density at radius 2 is 1.41 bits per heavy atom. The van der Waals surface area contributed by atoms with Crippen molar-refractivity contribution in [3.05, 3.63) is 76.9 Å². The Balaban J connectivity index is 1.75. The molecule has 0 unspecified atom stereocenters. The third-order valence-electron chi connectivity index (χ3n) is 6.70. The molecule has 3 aromatic rings. The van der Waals surface area contributed by atoms with Gasteiger partial charge in [0, 0.05) is 0 Å². The van der Waals surface area contributed by atoms with Crippen LogP contribution in [0.5, 0.6) is 0 Å². The van der Waals surface area contributed by atoms with Crippen molar-refractivity contribution in [1.82, 2.24) is 4.72 Å². The van der Waals surface area contributed by atoms with Crippen LogP contribution in [-0.2, 0) is 20.5 Å². The van der Waals surface area contributed by atoms with E-state index in [1.165, 1.54) is 0 Å². The summed E-state index contributed by atoms with van der Waals surface area (Å²) < 4.78 is 29.7. The number of rotatable bonds is 5. The average molecular weight is 452 g/mol. The van der Waals surface area contributed by atoms with Gasteiger partial charge >= 0.3 is 0 Å². The van der Waals surface area contributed by atoms with Gasteiger partial charge in [0.05, 0.1) is 22.1 Å². The van der Waals surface area contributed by atoms with E-state index in [1.807, 2.05) is 53.7 Å². The lowest BCUT2D eigenvalue weighted by molar-refractivity contribution is -0.105. The minimum Gasteiger partial charge on any atom is -0.342 e. The number of hydrogen-bond donors (Lipinski definition) is 1. The molecule has 5 heteroatoms. The van der Waals surface area contributed by atoms with Gasteiger partial charge in [-0.15, -0.1) is 0 Å². The van der Waals surface area contributed by atoms with E-state index in [4.69, 9.17) is 9.47 Å². The monoisotopic (exact) mass is 451 g/mol. The highest BCUT2D eigenvalue weighted by molar-refractivity contribution is 7.83. The first-order valence-corrected chi connectivity index (χ1v) is 12.2. The van der Waals surface area contributed by atoms with Gasteiger partial charge in [-0.1, -0.05) is 54.1 Å². The Hall–Kier alpha value is -2.05. The van der Waals surface area contributed by atoms with Gasteiger partial charge in [-0.3, -0.25) is 0 Å². The van der Waals surface area contributed by atoms with Gasteiger partial charge in [0.25, 0.3) is 0 Å². The Kier molecular flexibility index (Phi) is 6.05. The van der Waals surface area contributed by atoms with Crippen LogP contribution in [-0.4, -0.2) is 21.7 Å². The molecule has 1 fully saturated rings. The molecule has 1 aliphatic rings. The van der Waals surface area contributed by atoms with E-state index in [-0.39, 0.29) is 0 Å². The van der Waals surface area contributed by atoms with Crippen LogP contribution in [0.4, 0.5) is 0 Å². The third kappa shape index (κ3) is 4.27. The van der Waals surface area contributed by atoms with Gasteiger partial charge in [-0.2, -0.15) is 0 Å². The molecular weight excluding hydrogens is 418 g/mol. The maximum absolute atomic E-state index is 13.6. The summed E-state index contributed by atoms with van der Waals surface area (Å²) in [7, 11) is -1.43. The summed E-state index contributed by atoms with van der Waals surface area (Å²) in [5.41, 5.74) is 3.21. The summed E-state index contributed by atoms with van der Waals surface area (Å²) in [5.74, 6) is 0. The van der Waals surface area contributed by atoms with Crippen LogP contribution in [0.25, 0.3) is 10.8 Å². The van der Waals surface area contributed by atoms with Crippen molar-refractivity contribution in [2.75, 3.05) is 0 Å². The van der Waals surface area contributed by atoms with Crippen molar-refractivity contribution < 1.29 is 13.7 Å². The van der Waals surface area contributed by atoms with E-state index in [0.29, 0.717) is 0 Å². The molecule has 0 spiro atoms. The number of hydrogen-bond acceptors (Lipinski definition) is 3. The SMILES string of the molecule is Cc1cc(C)c([S@@](=O)N[C@H](c2ccc3ccccc3c2)C2OC(C)(C)C(C)(C)O2)c(C)c1. The number of benzene rings is 3. The summed E-state index contributed by atoms with van der Waals surface area (Å²) in [6.45, 7) is 14.2. The molecule has 0 bridgehead atoms. The Labute approximate surface area is 193 Å². The zero-order chi connectivity index (χ0) is 23.3. The topological polar surface area (TPSA) is 47.6 Å². The van der Waals surface area contributed by atoms with E-state index in [0.717, 1.165) is 37.9 Å². The zero-order valence-corrected chi connectivity index (χ0v) is 20.8. The molecule has 32 heavy (non-hydrogen) atoms. The number of aryl methyl sites for hydroxylation is 3. The molecule has 0 saturated carbocycles. The van der Waals surface area contributed by atoms with Crippen LogP contribution in [0.2, 0.25) is 0 Å². The molecule has 0 amide bonds. The fourth-order valence-electron chi connectivity index (χ4n) is 4.34. The van der Waals surface area contributed by atoms with Crippen molar-refractivity contribution in [3.63, 3.8) is 0 Å². The van der Waals surface area contributed by atoms with Gasteiger partial charge in [-0.25, -0.2) is 8.93 Å². The van der Waals surface area contributed by atoms with Crippen LogP contribution in [0, 0.1) is 20.8 Å². The normalized spacial score (nSPS) is 19.8. The molecule has 1 aliphatic heterocycles. The first-order chi connectivity index (χ1) is 15.0. The number of nitrogens with one attached hydrogen (secondary N) is 1. The van der Waals surface area contributed by atoms with Crippen LogP contribution in [0.1, 0.15) is 56.0 Å². The van der Waals surface area contributed by atoms with Crippen LogP contribution < -0.4 is 4.72 Å². The maximum Gasteiger partial charge on any atom is 0.179 e. The lowest BCUT2D eigenvalue weighted by atomic mass is 9.90. The van der Waals surface area contributed by atoms with E-state index in [9.17, 15) is 4.21 Å². The van der Waals surface area contributed by atoms with Gasteiger partial charge in [0.2, 0.25) is 0 Å². The average Bonchev–Trinajstić information content (AvgIpc) is 2.92. The first-order valence-electron chi connectivity index (χ1n) is 11.1. The third-order valence-corrected chi connectivity index (χ3v) is 8.18. The Bertz CT molecular complexity index is 1150. The summed E-state index contributed by atoms with van der Waals surface area (Å²) >= 11 is 0. The fourth-order valence-corrected chi connectivity index (χ4v) is 5.64. The fraction of sp³-hybridized carbons (Fsp3) is 0.407. The highest BCUT2D eigenvalue weighted by Crippen LogP contribution is 2.42. The summed E-state index contributed by atoms with van der Waals surface area (Å²) in [6.07, 6.45) is -0.573. The lowest BCUT2D eigenvalue weighted by Crippen LogP contribution is -2.41. The predicted molar refractivity (Wildman–Crippen MR) is 131 cm³/mol. The Morgan fingerprint density at radius 3 is 2.00 bits per heavy atom. The molecule has 170 valence electrons. The maximum atomic E-state index is 13.6. The van der Waals surface area contributed by atoms with Crippen molar-refractivity contribution in [1.29, 1.82) is 0 Å². The first kappa shape index (κ1) is 23.1. The second kappa shape index (κ2) is 8.38. The van der Waals surface area contributed by atoms with E-state index < -0.39 is 34.5 Å². The van der Waals surface area contributed by atoms with Crippen molar-refractivity contribution in [2.24, 2.45) is 0 Å². The largest absolute Gasteiger partial charge is 0.342 e. The Morgan fingerprint density at radius 1 is 0.844 bits per heavy atom. The van der Waals surface area contributed by atoms with Crippen molar-refractivity contribution >= 4 is 21.8 Å². The van der Waals surface area contributed by atoms with E-state index in [1.54, 1.807) is 0 Å². The van der Waals surface area contributed by atoms with Gasteiger partial charge in [-0.05, 0) is 82.0 Å². The van der Waals surface area contributed by atoms with Crippen LogP contribution in [0.3, 0.4) is 0 Å². The predicted octanol–water partition coefficient (Wildman–Crippen LogP) is 6.05. The van der Waals surface area contributed by atoms with Crippen molar-refractivity contribution in [2.45, 2.75) is 76.9 Å². The minimum absolute atomic E-state index is 0.401. The lowest BCUT2D eigenvalue weighted by Gasteiger charge is -2.30. The molecule has 1 saturated heterocycles. The molecular formula is C27H33NO3S. The molecule has 1 N–H and O–H groups in total. The van der Waals surface area contributed by atoms with Gasteiger partial charge in [0.1, 0.15) is 11.0 Å². The molecule has 2 atom stereocenters. The smallest absolute Gasteiger partial charge is 0.179 e.